The van der Waals surface area contributed by atoms with E-state index in [9.17, 15) is 9.90 Å². The van der Waals surface area contributed by atoms with Crippen LogP contribution in [-0.2, 0) is 0 Å². The lowest BCUT2D eigenvalue weighted by molar-refractivity contribution is 0.123. The molecule has 126 valence electrons. The van der Waals surface area contributed by atoms with Crippen LogP contribution in [0.2, 0.25) is 5.02 Å². The highest BCUT2D eigenvalue weighted by Gasteiger charge is 2.32. The van der Waals surface area contributed by atoms with Gasteiger partial charge in [0.2, 0.25) is 0 Å². The molecule has 0 aromatic heterocycles. The maximum atomic E-state index is 12.7. The first-order chi connectivity index (χ1) is 11.2. The number of piperidine rings is 1. The quantitative estimate of drug-likeness (QED) is 0.882. The molecule has 2 aliphatic rings. The number of amides is 2. The van der Waals surface area contributed by atoms with Crippen molar-refractivity contribution >= 4 is 17.6 Å². The summed E-state index contributed by atoms with van der Waals surface area (Å²) < 4.78 is 0. The van der Waals surface area contributed by atoms with E-state index in [1.54, 1.807) is 0 Å². The number of aliphatic hydroxyl groups excluding tert-OH is 1. The first-order valence-electron chi connectivity index (χ1n) is 8.59. The zero-order valence-electron chi connectivity index (χ0n) is 13.4. The maximum Gasteiger partial charge on any atom is 0.317 e. The van der Waals surface area contributed by atoms with Gasteiger partial charge in [-0.05, 0) is 55.2 Å². The van der Waals surface area contributed by atoms with Crippen molar-refractivity contribution in [2.45, 2.75) is 38.1 Å². The van der Waals surface area contributed by atoms with E-state index in [2.05, 4.69) is 5.32 Å². The van der Waals surface area contributed by atoms with Crippen molar-refractivity contribution in [3.05, 3.63) is 34.9 Å². The Hall–Kier alpha value is -1.26. The van der Waals surface area contributed by atoms with Gasteiger partial charge in [-0.15, -0.1) is 0 Å². The average molecular weight is 337 g/mol. The van der Waals surface area contributed by atoms with Gasteiger partial charge in [-0.1, -0.05) is 30.2 Å². The number of hydrogen-bond acceptors (Lipinski definition) is 2. The molecular weight excluding hydrogens is 312 g/mol. The van der Waals surface area contributed by atoms with Crippen molar-refractivity contribution in [2.24, 2.45) is 11.8 Å². The Morgan fingerprint density at radius 2 is 2.00 bits per heavy atom. The Morgan fingerprint density at radius 3 is 2.61 bits per heavy atom. The first-order valence-corrected chi connectivity index (χ1v) is 8.97. The minimum atomic E-state index is -0.00463. The smallest absolute Gasteiger partial charge is 0.317 e. The number of urea groups is 1. The van der Waals surface area contributed by atoms with E-state index in [0.29, 0.717) is 17.5 Å². The van der Waals surface area contributed by atoms with E-state index < -0.39 is 0 Å². The normalized spacial score (nSPS) is 23.2. The van der Waals surface area contributed by atoms with Crippen LogP contribution in [0.25, 0.3) is 0 Å². The van der Waals surface area contributed by atoms with E-state index in [-0.39, 0.29) is 24.6 Å². The molecule has 4 nitrogen and oxygen atoms in total. The number of halogens is 1. The van der Waals surface area contributed by atoms with Crippen molar-refractivity contribution in [3.8, 4) is 0 Å². The van der Waals surface area contributed by atoms with Gasteiger partial charge in [0.25, 0.3) is 0 Å². The molecule has 2 atom stereocenters. The van der Waals surface area contributed by atoms with Crippen LogP contribution in [0.5, 0.6) is 0 Å². The zero-order valence-corrected chi connectivity index (χ0v) is 14.1. The predicted molar refractivity (Wildman–Crippen MR) is 91.4 cm³/mol. The van der Waals surface area contributed by atoms with E-state index in [4.69, 9.17) is 11.6 Å². The molecule has 1 aliphatic heterocycles. The summed E-state index contributed by atoms with van der Waals surface area (Å²) in [7, 11) is 0. The molecule has 1 heterocycles. The number of hydrogen-bond donors (Lipinski definition) is 2. The van der Waals surface area contributed by atoms with Gasteiger partial charge in [-0.25, -0.2) is 4.79 Å². The number of nitrogens with zero attached hydrogens (tertiary/aromatic N) is 1. The number of carbonyl (C=O) groups is 1. The van der Waals surface area contributed by atoms with Gasteiger partial charge in [-0.3, -0.25) is 0 Å². The summed E-state index contributed by atoms with van der Waals surface area (Å²) in [6.45, 7) is 1.59. The lowest BCUT2D eigenvalue weighted by Gasteiger charge is -2.38. The van der Waals surface area contributed by atoms with Crippen LogP contribution < -0.4 is 5.32 Å². The molecule has 5 heteroatoms. The molecule has 2 amide bonds. The van der Waals surface area contributed by atoms with Gasteiger partial charge >= 0.3 is 6.03 Å². The molecule has 0 radical (unpaired) electrons. The maximum absolute atomic E-state index is 12.7. The molecule has 2 fully saturated rings. The molecule has 0 spiro atoms. The third kappa shape index (κ3) is 3.99. The molecule has 1 saturated carbocycles. The Labute approximate surface area is 142 Å². The lowest BCUT2D eigenvalue weighted by atomic mass is 9.77. The van der Waals surface area contributed by atoms with E-state index in [0.717, 1.165) is 37.8 Å². The fraction of sp³-hybridized carbons (Fsp3) is 0.611. The standard InChI is InChI=1S/C18H25ClN2O2/c19-16-8-6-15(7-9-16)17(14-4-1-5-14)20-18(23)21-10-2-3-13(11-21)12-22/h6-9,13-14,17,22H,1-5,10-12H2,(H,20,23)/t13-,17-/m0/s1. The molecule has 23 heavy (non-hydrogen) atoms. The first kappa shape index (κ1) is 16.6. The summed E-state index contributed by atoms with van der Waals surface area (Å²) in [4.78, 5) is 14.5. The number of nitrogens with one attached hydrogen (secondary N) is 1. The van der Waals surface area contributed by atoms with Crippen molar-refractivity contribution in [1.82, 2.24) is 10.2 Å². The fourth-order valence-corrected chi connectivity index (χ4v) is 3.67. The Morgan fingerprint density at radius 1 is 1.26 bits per heavy atom. The Balaban J connectivity index is 1.68. The second kappa shape index (κ2) is 7.54. The molecule has 0 bridgehead atoms. The average Bonchev–Trinajstić information content (AvgIpc) is 2.53. The van der Waals surface area contributed by atoms with E-state index in [1.807, 2.05) is 29.2 Å². The highest BCUT2D eigenvalue weighted by atomic mass is 35.5. The predicted octanol–water partition coefficient (Wildman–Crippen LogP) is 3.60. The molecular formula is C18H25ClN2O2. The molecule has 0 unspecified atom stereocenters. The minimum Gasteiger partial charge on any atom is -0.396 e. The van der Waals surface area contributed by atoms with Gasteiger partial charge in [0.15, 0.2) is 0 Å². The highest BCUT2D eigenvalue weighted by molar-refractivity contribution is 6.30. The van der Waals surface area contributed by atoms with Gasteiger partial charge in [-0.2, -0.15) is 0 Å². The largest absolute Gasteiger partial charge is 0.396 e. The SMILES string of the molecule is O=C(N[C@H](c1ccc(Cl)cc1)C1CCC1)N1CCC[C@H](CO)C1. The highest BCUT2D eigenvalue weighted by Crippen LogP contribution is 2.38. The third-order valence-corrected chi connectivity index (χ3v) is 5.45. The molecule has 2 N–H and O–H groups in total. The minimum absolute atomic E-state index is 0.00463. The van der Waals surface area contributed by atoms with Crippen LogP contribution in [0.1, 0.15) is 43.7 Å². The van der Waals surface area contributed by atoms with Crippen LogP contribution >= 0.6 is 11.6 Å². The van der Waals surface area contributed by atoms with Gasteiger partial charge in [0.05, 0.1) is 6.04 Å². The van der Waals surface area contributed by atoms with Crippen molar-refractivity contribution in [1.29, 1.82) is 0 Å². The van der Waals surface area contributed by atoms with Crippen LogP contribution in [0.3, 0.4) is 0 Å². The Kier molecular flexibility index (Phi) is 5.44. The van der Waals surface area contributed by atoms with Crippen LogP contribution in [0.4, 0.5) is 4.79 Å². The third-order valence-electron chi connectivity index (χ3n) is 5.19. The lowest BCUT2D eigenvalue weighted by Crippen LogP contribution is -2.48. The van der Waals surface area contributed by atoms with E-state index >= 15 is 0 Å². The second-order valence-electron chi connectivity index (χ2n) is 6.81. The van der Waals surface area contributed by atoms with E-state index in [1.165, 1.54) is 6.42 Å². The molecule has 3 rings (SSSR count). The number of carbonyl (C=O) groups excluding carboxylic acids is 1. The summed E-state index contributed by atoms with van der Waals surface area (Å²) >= 11 is 5.98. The second-order valence-corrected chi connectivity index (χ2v) is 7.24. The summed E-state index contributed by atoms with van der Waals surface area (Å²) in [6, 6.07) is 7.85. The van der Waals surface area contributed by atoms with Crippen molar-refractivity contribution in [2.75, 3.05) is 19.7 Å². The Bertz CT molecular complexity index is 530. The summed E-state index contributed by atoms with van der Waals surface area (Å²) in [5, 5.41) is 13.3. The summed E-state index contributed by atoms with van der Waals surface area (Å²) in [5.74, 6) is 0.728. The molecule has 1 saturated heterocycles. The topological polar surface area (TPSA) is 52.6 Å². The van der Waals surface area contributed by atoms with Gasteiger partial charge in [0, 0.05) is 24.7 Å². The van der Waals surface area contributed by atoms with Crippen LogP contribution in [-0.4, -0.2) is 35.7 Å². The van der Waals surface area contributed by atoms with Gasteiger partial charge in [0.1, 0.15) is 0 Å². The number of likely N-dealkylation sites (tertiary alicyclic amines) is 1. The van der Waals surface area contributed by atoms with Crippen LogP contribution in [0.15, 0.2) is 24.3 Å². The van der Waals surface area contributed by atoms with Crippen LogP contribution in [0, 0.1) is 11.8 Å². The summed E-state index contributed by atoms with van der Waals surface area (Å²) in [6.07, 6.45) is 5.53. The number of rotatable bonds is 4. The van der Waals surface area contributed by atoms with Crippen molar-refractivity contribution < 1.29 is 9.90 Å². The summed E-state index contributed by atoms with van der Waals surface area (Å²) in [5.41, 5.74) is 1.13. The molecule has 1 aliphatic carbocycles. The molecule has 1 aromatic carbocycles. The fourth-order valence-electron chi connectivity index (χ4n) is 3.54. The van der Waals surface area contributed by atoms with Crippen molar-refractivity contribution in [3.63, 3.8) is 0 Å². The molecule has 1 aromatic rings. The zero-order chi connectivity index (χ0) is 16.2. The van der Waals surface area contributed by atoms with Gasteiger partial charge < -0.3 is 15.3 Å². The number of benzene rings is 1. The number of aliphatic hydroxyl groups is 1. The monoisotopic (exact) mass is 336 g/mol.